The number of aromatic nitrogens is 2. The van der Waals surface area contributed by atoms with Crippen LogP contribution in [0, 0.1) is 0 Å². The van der Waals surface area contributed by atoms with Gasteiger partial charge in [0.15, 0.2) is 0 Å². The zero-order chi connectivity index (χ0) is 15.0. The molecule has 0 spiro atoms. The van der Waals surface area contributed by atoms with E-state index in [1.165, 1.54) is 0 Å². The van der Waals surface area contributed by atoms with E-state index in [2.05, 4.69) is 46.8 Å². The Morgan fingerprint density at radius 1 is 1.10 bits per heavy atom. The highest BCUT2D eigenvalue weighted by atomic mass is 79.9. The number of H-pyrrole nitrogens is 2. The molecular weight excluding hydrogens is 402 g/mol. The quantitative estimate of drug-likeness (QED) is 0.561. The second-order valence-corrected chi connectivity index (χ2v) is 6.16. The molecule has 3 rings (SSSR count). The van der Waals surface area contributed by atoms with Crippen LogP contribution in [0.25, 0.3) is 11.0 Å². The van der Waals surface area contributed by atoms with Crippen molar-refractivity contribution in [1.82, 2.24) is 9.97 Å². The number of benzene rings is 2. The van der Waals surface area contributed by atoms with Gasteiger partial charge in [0.1, 0.15) is 5.75 Å². The number of nitrogens with zero attached hydrogens (tertiary/aromatic N) is 1. The molecule has 0 saturated heterocycles. The molecular formula is C14H9Br2N3O2. The summed E-state index contributed by atoms with van der Waals surface area (Å²) in [4.78, 5) is 20.9. The fraction of sp³-hybridized carbons (Fsp3) is 0. The highest BCUT2D eigenvalue weighted by Crippen LogP contribution is 2.31. The van der Waals surface area contributed by atoms with Crippen LogP contribution in [-0.4, -0.2) is 21.3 Å². The molecule has 0 fully saturated rings. The predicted molar refractivity (Wildman–Crippen MR) is 89.7 cm³/mol. The third-order valence-electron chi connectivity index (χ3n) is 2.91. The lowest BCUT2D eigenvalue weighted by molar-refractivity contribution is 0.471. The Kier molecular flexibility index (Phi) is 3.69. The summed E-state index contributed by atoms with van der Waals surface area (Å²) in [6.07, 6.45) is 1.57. The van der Waals surface area contributed by atoms with Crippen LogP contribution in [0.5, 0.6) is 5.75 Å². The van der Waals surface area contributed by atoms with Gasteiger partial charge in [0.05, 0.1) is 21.2 Å². The van der Waals surface area contributed by atoms with E-state index < -0.39 is 0 Å². The lowest BCUT2D eigenvalue weighted by Crippen LogP contribution is -1.99. The first-order valence-corrected chi connectivity index (χ1v) is 7.55. The van der Waals surface area contributed by atoms with E-state index in [1.54, 1.807) is 36.5 Å². The van der Waals surface area contributed by atoms with E-state index in [0.29, 0.717) is 21.2 Å². The Morgan fingerprint density at radius 3 is 2.67 bits per heavy atom. The number of phenols is 1. The second kappa shape index (κ2) is 5.50. The molecule has 5 nitrogen and oxygen atoms in total. The number of hydrogen-bond donors (Lipinski definition) is 3. The number of nitrogens with one attached hydrogen (secondary N) is 2. The number of hydrogen-bond acceptors (Lipinski definition) is 3. The third-order valence-corrected chi connectivity index (χ3v) is 3.97. The molecule has 1 aromatic heterocycles. The maximum atomic E-state index is 11.2. The molecule has 106 valence electrons. The smallest absolute Gasteiger partial charge is 0.323 e. The summed E-state index contributed by atoms with van der Waals surface area (Å²) in [5, 5.41) is 9.96. The van der Waals surface area contributed by atoms with E-state index >= 15 is 0 Å². The number of rotatable bonds is 2. The number of aliphatic imine (C=N–C) groups is 1. The zero-order valence-electron chi connectivity index (χ0n) is 10.5. The van der Waals surface area contributed by atoms with Crippen molar-refractivity contribution in [2.75, 3.05) is 0 Å². The van der Waals surface area contributed by atoms with Gasteiger partial charge in [0, 0.05) is 16.3 Å². The molecule has 0 amide bonds. The topological polar surface area (TPSA) is 81.2 Å². The molecule has 0 aliphatic carbocycles. The molecule has 0 bridgehead atoms. The molecule has 0 radical (unpaired) electrons. The van der Waals surface area contributed by atoms with Crippen LogP contribution in [0.3, 0.4) is 0 Å². The lowest BCUT2D eigenvalue weighted by Gasteiger charge is -2.02. The molecule has 21 heavy (non-hydrogen) atoms. The van der Waals surface area contributed by atoms with Crippen molar-refractivity contribution in [2.24, 2.45) is 4.99 Å². The van der Waals surface area contributed by atoms with Crippen molar-refractivity contribution >= 4 is 54.8 Å². The summed E-state index contributed by atoms with van der Waals surface area (Å²) >= 11 is 6.63. The minimum Gasteiger partial charge on any atom is -0.506 e. The Hall–Kier alpha value is -1.86. The van der Waals surface area contributed by atoms with E-state index in [0.717, 1.165) is 9.99 Å². The average molecular weight is 411 g/mol. The number of fused-ring (bicyclic) bond motifs is 1. The molecule has 0 atom stereocenters. The third kappa shape index (κ3) is 2.93. The van der Waals surface area contributed by atoms with Gasteiger partial charge < -0.3 is 15.1 Å². The SMILES string of the molecule is O=c1[nH]c2ccc(N=Cc3cc(Br)cc(Br)c3O)cc2[nH]1. The van der Waals surface area contributed by atoms with Crippen LogP contribution in [0.15, 0.2) is 49.1 Å². The van der Waals surface area contributed by atoms with Gasteiger partial charge in [-0.3, -0.25) is 4.99 Å². The van der Waals surface area contributed by atoms with Crippen LogP contribution in [-0.2, 0) is 0 Å². The molecule has 0 unspecified atom stereocenters. The summed E-state index contributed by atoms with van der Waals surface area (Å²) < 4.78 is 1.42. The molecule has 3 N–H and O–H groups in total. The van der Waals surface area contributed by atoms with Gasteiger partial charge in [-0.2, -0.15) is 0 Å². The number of phenolic OH excluding ortho intramolecular Hbond substituents is 1. The zero-order valence-corrected chi connectivity index (χ0v) is 13.7. The van der Waals surface area contributed by atoms with Gasteiger partial charge >= 0.3 is 5.69 Å². The monoisotopic (exact) mass is 409 g/mol. The van der Waals surface area contributed by atoms with Gasteiger partial charge in [-0.05, 0) is 46.3 Å². The van der Waals surface area contributed by atoms with Crippen molar-refractivity contribution in [3.8, 4) is 5.75 Å². The molecule has 0 saturated carbocycles. The van der Waals surface area contributed by atoms with Crippen molar-refractivity contribution in [3.63, 3.8) is 0 Å². The summed E-state index contributed by atoms with van der Waals surface area (Å²) in [7, 11) is 0. The first-order chi connectivity index (χ1) is 10.0. The van der Waals surface area contributed by atoms with E-state index in [4.69, 9.17) is 0 Å². The van der Waals surface area contributed by atoms with E-state index in [-0.39, 0.29) is 11.4 Å². The minimum atomic E-state index is -0.250. The van der Waals surface area contributed by atoms with Crippen LogP contribution < -0.4 is 5.69 Å². The molecule has 3 aromatic rings. The van der Waals surface area contributed by atoms with Gasteiger partial charge in [-0.15, -0.1) is 0 Å². The van der Waals surface area contributed by atoms with Gasteiger partial charge in [0.2, 0.25) is 0 Å². The number of aromatic amines is 2. The summed E-state index contributed by atoms with van der Waals surface area (Å²) in [5.41, 5.74) is 2.42. The first-order valence-electron chi connectivity index (χ1n) is 5.97. The van der Waals surface area contributed by atoms with Crippen LogP contribution >= 0.6 is 31.9 Å². The van der Waals surface area contributed by atoms with Crippen LogP contribution in [0.2, 0.25) is 0 Å². The van der Waals surface area contributed by atoms with Crippen LogP contribution in [0.4, 0.5) is 5.69 Å². The lowest BCUT2D eigenvalue weighted by atomic mass is 10.2. The highest BCUT2D eigenvalue weighted by Gasteiger charge is 2.05. The maximum Gasteiger partial charge on any atom is 0.323 e. The largest absolute Gasteiger partial charge is 0.506 e. The fourth-order valence-electron chi connectivity index (χ4n) is 1.93. The average Bonchev–Trinajstić information content (AvgIpc) is 2.80. The van der Waals surface area contributed by atoms with Crippen molar-refractivity contribution in [1.29, 1.82) is 0 Å². The molecule has 1 heterocycles. The van der Waals surface area contributed by atoms with E-state index in [9.17, 15) is 9.90 Å². The molecule has 0 aliphatic heterocycles. The van der Waals surface area contributed by atoms with Gasteiger partial charge in [0.25, 0.3) is 0 Å². The van der Waals surface area contributed by atoms with Crippen molar-refractivity contribution in [3.05, 3.63) is 55.3 Å². The summed E-state index contributed by atoms with van der Waals surface area (Å²) in [5.74, 6) is 0.123. The number of aromatic hydroxyl groups is 1. The fourth-order valence-corrected chi connectivity index (χ4v) is 3.19. The Labute approximate surface area is 136 Å². The summed E-state index contributed by atoms with van der Waals surface area (Å²) in [6, 6.07) is 8.83. The molecule has 7 heteroatoms. The Balaban J connectivity index is 1.99. The maximum absolute atomic E-state index is 11.2. The minimum absolute atomic E-state index is 0.123. The van der Waals surface area contributed by atoms with Gasteiger partial charge in [-0.1, -0.05) is 15.9 Å². The number of halogens is 2. The first kappa shape index (κ1) is 14.1. The van der Waals surface area contributed by atoms with E-state index in [1.807, 2.05) is 0 Å². The highest BCUT2D eigenvalue weighted by molar-refractivity contribution is 9.11. The van der Waals surface area contributed by atoms with Crippen LogP contribution in [0.1, 0.15) is 5.56 Å². The van der Waals surface area contributed by atoms with Crippen molar-refractivity contribution < 1.29 is 5.11 Å². The van der Waals surface area contributed by atoms with Gasteiger partial charge in [-0.25, -0.2) is 4.79 Å². The summed E-state index contributed by atoms with van der Waals surface area (Å²) in [6.45, 7) is 0. The predicted octanol–water partition coefficient (Wildman–Crippen LogP) is 3.84. The normalized spacial score (nSPS) is 11.5. The molecule has 2 aromatic carbocycles. The standard InChI is InChI=1S/C14H9Br2N3O2/c15-8-3-7(13(20)10(16)4-8)6-17-9-1-2-11-12(5-9)19-14(21)18-11/h1-6,20H,(H2,18,19,21). The molecule has 0 aliphatic rings. The number of imidazole rings is 1. The Bertz CT molecular complexity index is 912. The second-order valence-electron chi connectivity index (χ2n) is 4.39. The van der Waals surface area contributed by atoms with Crippen molar-refractivity contribution in [2.45, 2.75) is 0 Å². The Morgan fingerprint density at radius 2 is 1.86 bits per heavy atom.